The van der Waals surface area contributed by atoms with Gasteiger partial charge in [0.2, 0.25) is 0 Å². The Kier molecular flexibility index (Phi) is 1.75. The Labute approximate surface area is 70.7 Å². The van der Waals surface area contributed by atoms with Crippen molar-refractivity contribution in [3.05, 3.63) is 11.4 Å². The molecule has 0 atom stereocenters. The van der Waals surface area contributed by atoms with Crippen molar-refractivity contribution >= 4 is 16.0 Å². The number of amidine groups is 1. The fourth-order valence-electron chi connectivity index (χ4n) is 0.746. The molecule has 1 rings (SSSR count). The molecule has 0 bridgehead atoms. The summed E-state index contributed by atoms with van der Waals surface area (Å²) < 4.78 is 26.4. The number of nitrogens with zero attached hydrogens (tertiary/aromatic N) is 2. The van der Waals surface area contributed by atoms with Gasteiger partial charge in [-0.3, -0.25) is 0 Å². The average molecular weight is 190 g/mol. The Morgan fingerprint density at radius 3 is 2.42 bits per heavy atom. The van der Waals surface area contributed by atoms with Gasteiger partial charge >= 0.3 is 10.2 Å². The molecule has 0 radical (unpaired) electrons. The van der Waals surface area contributed by atoms with Crippen LogP contribution >= 0.6 is 0 Å². The Bertz CT molecular complexity index is 367. The van der Waals surface area contributed by atoms with Crippen LogP contribution in [0.15, 0.2) is 15.8 Å². The predicted molar refractivity (Wildman–Crippen MR) is 45.2 cm³/mol. The molecule has 1 aliphatic heterocycles. The van der Waals surface area contributed by atoms with E-state index in [1.54, 1.807) is 6.92 Å². The molecule has 0 aromatic heterocycles. The summed E-state index contributed by atoms with van der Waals surface area (Å²) in [4.78, 5) is 0. The number of hydrogen-bond donors (Lipinski definition) is 2. The largest absolute Gasteiger partial charge is 0.384 e. The van der Waals surface area contributed by atoms with Crippen LogP contribution in [0.4, 0.5) is 0 Å². The van der Waals surface area contributed by atoms with Crippen LogP contribution < -0.4 is 11.5 Å². The minimum absolute atomic E-state index is 0.0504. The van der Waals surface area contributed by atoms with Gasteiger partial charge in [-0.05, 0) is 6.92 Å². The van der Waals surface area contributed by atoms with Crippen molar-refractivity contribution in [3.8, 4) is 0 Å². The molecule has 12 heavy (non-hydrogen) atoms. The summed E-state index contributed by atoms with van der Waals surface area (Å²) in [6, 6.07) is 0. The standard InChI is InChI=1S/C5H10N4O2S/c1-3-4(6)8-12(10,11)9(2)5(3)7/h7H2,1-2H3,(H2,6,8). The summed E-state index contributed by atoms with van der Waals surface area (Å²) in [6.07, 6.45) is 0. The smallest absolute Gasteiger partial charge is 0.347 e. The molecule has 0 unspecified atom stereocenters. The van der Waals surface area contributed by atoms with Crippen molar-refractivity contribution in [3.63, 3.8) is 0 Å². The van der Waals surface area contributed by atoms with Crippen LogP contribution in [0.3, 0.4) is 0 Å². The molecule has 6 nitrogen and oxygen atoms in total. The molecule has 0 spiro atoms. The molecule has 4 N–H and O–H groups in total. The highest BCUT2D eigenvalue weighted by atomic mass is 32.2. The zero-order valence-corrected chi connectivity index (χ0v) is 7.59. The quantitative estimate of drug-likeness (QED) is 0.497. The first-order valence-electron chi connectivity index (χ1n) is 3.17. The second-order valence-electron chi connectivity index (χ2n) is 2.43. The predicted octanol–water partition coefficient (Wildman–Crippen LogP) is -1.28. The van der Waals surface area contributed by atoms with Gasteiger partial charge in [-0.2, -0.15) is 8.42 Å². The third kappa shape index (κ3) is 1.11. The van der Waals surface area contributed by atoms with E-state index in [1.165, 1.54) is 7.05 Å². The van der Waals surface area contributed by atoms with Gasteiger partial charge in [0.25, 0.3) is 0 Å². The molecule has 0 aromatic rings. The van der Waals surface area contributed by atoms with Crippen molar-refractivity contribution in [1.29, 1.82) is 0 Å². The van der Waals surface area contributed by atoms with Gasteiger partial charge < -0.3 is 11.5 Å². The highest BCUT2D eigenvalue weighted by Gasteiger charge is 2.25. The van der Waals surface area contributed by atoms with Crippen molar-refractivity contribution in [2.24, 2.45) is 15.9 Å². The number of rotatable bonds is 0. The van der Waals surface area contributed by atoms with Crippen LogP contribution in [-0.4, -0.2) is 25.6 Å². The Morgan fingerprint density at radius 1 is 1.42 bits per heavy atom. The molecule has 0 saturated heterocycles. The van der Waals surface area contributed by atoms with E-state index in [2.05, 4.69) is 4.40 Å². The first-order valence-corrected chi connectivity index (χ1v) is 4.57. The van der Waals surface area contributed by atoms with Crippen LogP contribution in [0.1, 0.15) is 6.92 Å². The van der Waals surface area contributed by atoms with Crippen molar-refractivity contribution in [1.82, 2.24) is 4.31 Å². The number of nitrogens with two attached hydrogens (primary N) is 2. The molecule has 1 aliphatic rings. The van der Waals surface area contributed by atoms with E-state index in [-0.39, 0.29) is 11.7 Å². The Hall–Kier alpha value is -1.24. The maximum Gasteiger partial charge on any atom is 0.347 e. The van der Waals surface area contributed by atoms with Crippen molar-refractivity contribution in [2.45, 2.75) is 6.92 Å². The Morgan fingerprint density at radius 2 is 1.92 bits per heavy atom. The molecule has 0 fully saturated rings. The lowest BCUT2D eigenvalue weighted by Crippen LogP contribution is -2.37. The van der Waals surface area contributed by atoms with Crippen LogP contribution in [0, 0.1) is 0 Å². The molecular weight excluding hydrogens is 180 g/mol. The van der Waals surface area contributed by atoms with Gasteiger partial charge in [-0.25, -0.2) is 4.31 Å². The zero-order valence-electron chi connectivity index (χ0n) is 6.77. The van der Waals surface area contributed by atoms with Crippen LogP contribution in [0.2, 0.25) is 0 Å². The second-order valence-corrected chi connectivity index (χ2v) is 4.06. The summed E-state index contributed by atoms with van der Waals surface area (Å²) in [5.41, 5.74) is 11.2. The Balaban J connectivity index is 3.34. The van der Waals surface area contributed by atoms with Gasteiger partial charge in [-0.15, -0.1) is 4.40 Å². The molecule has 1 heterocycles. The molecule has 7 heteroatoms. The molecule has 0 saturated carbocycles. The van der Waals surface area contributed by atoms with E-state index < -0.39 is 10.2 Å². The third-order valence-corrected chi connectivity index (χ3v) is 2.98. The van der Waals surface area contributed by atoms with E-state index in [1.807, 2.05) is 0 Å². The average Bonchev–Trinajstić information content (AvgIpc) is 1.97. The highest BCUT2D eigenvalue weighted by Crippen LogP contribution is 2.15. The molecule has 0 aliphatic carbocycles. The van der Waals surface area contributed by atoms with Crippen LogP contribution in [0.25, 0.3) is 0 Å². The normalized spacial score (nSPS) is 22.5. The van der Waals surface area contributed by atoms with Crippen LogP contribution in [0.5, 0.6) is 0 Å². The van der Waals surface area contributed by atoms with E-state index >= 15 is 0 Å². The van der Waals surface area contributed by atoms with Gasteiger partial charge in [0.1, 0.15) is 11.7 Å². The summed E-state index contributed by atoms with van der Waals surface area (Å²) in [5, 5.41) is 0. The van der Waals surface area contributed by atoms with Crippen LogP contribution in [-0.2, 0) is 10.2 Å². The van der Waals surface area contributed by atoms with Gasteiger partial charge in [0, 0.05) is 12.6 Å². The van der Waals surface area contributed by atoms with E-state index in [0.717, 1.165) is 4.31 Å². The summed E-state index contributed by atoms with van der Waals surface area (Å²) in [5.74, 6) is 0.0631. The summed E-state index contributed by atoms with van der Waals surface area (Å²) in [6.45, 7) is 1.61. The lowest BCUT2D eigenvalue weighted by molar-refractivity contribution is 0.518. The van der Waals surface area contributed by atoms with Gasteiger partial charge in [0.15, 0.2) is 0 Å². The molecule has 68 valence electrons. The van der Waals surface area contributed by atoms with Gasteiger partial charge in [0.05, 0.1) is 0 Å². The lowest BCUT2D eigenvalue weighted by atomic mass is 10.3. The summed E-state index contributed by atoms with van der Waals surface area (Å²) >= 11 is 0. The highest BCUT2D eigenvalue weighted by molar-refractivity contribution is 7.88. The molecule has 0 amide bonds. The van der Waals surface area contributed by atoms with Crippen molar-refractivity contribution < 1.29 is 8.42 Å². The second kappa shape index (κ2) is 2.37. The maximum atomic E-state index is 11.1. The fourth-order valence-corrected chi connectivity index (χ4v) is 1.64. The minimum Gasteiger partial charge on any atom is -0.384 e. The van der Waals surface area contributed by atoms with E-state index in [4.69, 9.17) is 11.5 Å². The fraction of sp³-hybridized carbons (Fsp3) is 0.400. The topological polar surface area (TPSA) is 102 Å². The third-order valence-electron chi connectivity index (χ3n) is 1.67. The molecule has 0 aromatic carbocycles. The minimum atomic E-state index is -3.68. The SMILES string of the molecule is CC1=C(N)N(C)S(=O)(=O)N=C1N. The van der Waals surface area contributed by atoms with E-state index in [9.17, 15) is 8.42 Å². The van der Waals surface area contributed by atoms with Crippen molar-refractivity contribution in [2.75, 3.05) is 7.05 Å². The number of hydrogen-bond acceptors (Lipinski definition) is 4. The van der Waals surface area contributed by atoms with E-state index in [0.29, 0.717) is 5.57 Å². The van der Waals surface area contributed by atoms with Gasteiger partial charge in [-0.1, -0.05) is 0 Å². The zero-order chi connectivity index (χ0) is 9.52. The first-order chi connectivity index (χ1) is 5.36. The molecular formula is C5H10N4O2S. The monoisotopic (exact) mass is 190 g/mol. The summed E-state index contributed by atoms with van der Waals surface area (Å²) in [7, 11) is -2.36. The lowest BCUT2D eigenvalue weighted by Gasteiger charge is -2.22. The maximum absolute atomic E-state index is 11.1. The first kappa shape index (κ1) is 8.85.